The van der Waals surface area contributed by atoms with Crippen LogP contribution < -0.4 is 4.78 Å². The van der Waals surface area contributed by atoms with Gasteiger partial charge in [0.2, 0.25) is 0 Å². The number of hydrogen-bond acceptors (Lipinski definition) is 1. The Hall–Kier alpha value is -1.94. The van der Waals surface area contributed by atoms with Crippen LogP contribution in [0, 0.1) is 25.5 Å². The van der Waals surface area contributed by atoms with Crippen LogP contribution in [0.2, 0.25) is 6.82 Å². The fourth-order valence-corrected chi connectivity index (χ4v) is 3.73. The van der Waals surface area contributed by atoms with Crippen molar-refractivity contribution in [2.24, 2.45) is 0 Å². The number of hydrogen-bond donors (Lipinski definition) is 0. The van der Waals surface area contributed by atoms with Crippen LogP contribution in [0.15, 0.2) is 42.5 Å². The highest BCUT2D eigenvalue weighted by Crippen LogP contribution is 2.33. The van der Waals surface area contributed by atoms with E-state index in [1.54, 1.807) is 0 Å². The first kappa shape index (κ1) is 15.9. The lowest BCUT2D eigenvalue weighted by atomic mass is 9.79. The van der Waals surface area contributed by atoms with E-state index in [1.807, 2.05) is 58.3 Å². The average Bonchev–Trinajstić information content (AvgIpc) is 2.88. The van der Waals surface area contributed by atoms with E-state index in [0.29, 0.717) is 10.4 Å². The van der Waals surface area contributed by atoms with Gasteiger partial charge in [-0.05, 0) is 53.5 Å². The second-order valence-corrected chi connectivity index (χ2v) is 6.71. The molecule has 0 saturated heterocycles. The quantitative estimate of drug-likeness (QED) is 0.569. The van der Waals surface area contributed by atoms with Gasteiger partial charge in [0.1, 0.15) is 11.6 Å². The van der Waals surface area contributed by atoms with Crippen LogP contribution in [0.1, 0.15) is 11.1 Å². The number of aryl methyl sites for hydroxylation is 2. The monoisotopic (exact) mass is 325 g/mol. The molecule has 0 atom stereocenters. The van der Waals surface area contributed by atoms with Crippen molar-refractivity contribution in [1.29, 1.82) is 0 Å². The SMILES string of the molecule is C[B]c1sc(-c2c(F)cc(-c3ccc(C)cc3)cc2F)cc1C. The molecule has 1 radical (unpaired) electrons. The summed E-state index contributed by atoms with van der Waals surface area (Å²) in [5.41, 5.74) is 3.57. The van der Waals surface area contributed by atoms with Gasteiger partial charge < -0.3 is 0 Å². The molecular formula is C19H16BF2S. The molecule has 0 amide bonds. The highest BCUT2D eigenvalue weighted by molar-refractivity contribution is 7.24. The molecule has 3 rings (SSSR count). The highest BCUT2D eigenvalue weighted by Gasteiger charge is 2.17. The summed E-state index contributed by atoms with van der Waals surface area (Å²) in [6.45, 7) is 5.86. The molecule has 2 aromatic carbocycles. The number of rotatable bonds is 3. The van der Waals surface area contributed by atoms with Crippen LogP contribution >= 0.6 is 11.3 Å². The molecule has 0 bridgehead atoms. The summed E-state index contributed by atoms with van der Waals surface area (Å²) in [6, 6.07) is 12.3. The molecule has 23 heavy (non-hydrogen) atoms. The number of benzene rings is 2. The molecule has 4 heteroatoms. The maximum atomic E-state index is 14.6. The molecular weight excluding hydrogens is 309 g/mol. The average molecular weight is 325 g/mol. The van der Waals surface area contributed by atoms with Crippen LogP contribution in [0.4, 0.5) is 8.78 Å². The van der Waals surface area contributed by atoms with Gasteiger partial charge in [-0.1, -0.05) is 36.7 Å². The van der Waals surface area contributed by atoms with Crippen molar-refractivity contribution < 1.29 is 8.78 Å². The largest absolute Gasteiger partial charge is 0.206 e. The first-order valence-corrected chi connectivity index (χ1v) is 8.27. The van der Waals surface area contributed by atoms with E-state index in [-0.39, 0.29) is 5.56 Å². The lowest BCUT2D eigenvalue weighted by Gasteiger charge is -2.08. The molecule has 1 heterocycles. The summed E-state index contributed by atoms with van der Waals surface area (Å²) in [4.78, 5) is 0.626. The van der Waals surface area contributed by atoms with Crippen molar-refractivity contribution in [2.75, 3.05) is 0 Å². The first-order valence-electron chi connectivity index (χ1n) is 7.46. The Labute approximate surface area is 140 Å². The number of halogens is 2. The maximum Gasteiger partial charge on any atom is 0.162 e. The van der Waals surface area contributed by atoms with Gasteiger partial charge in [0.05, 0.1) is 5.56 Å². The van der Waals surface area contributed by atoms with E-state index in [0.717, 1.165) is 21.5 Å². The molecule has 0 aliphatic rings. The van der Waals surface area contributed by atoms with Crippen molar-refractivity contribution >= 4 is 23.4 Å². The van der Waals surface area contributed by atoms with Gasteiger partial charge in [0.25, 0.3) is 0 Å². The lowest BCUT2D eigenvalue weighted by molar-refractivity contribution is 0.591. The molecule has 3 aromatic rings. The van der Waals surface area contributed by atoms with Gasteiger partial charge >= 0.3 is 0 Å². The fourth-order valence-electron chi connectivity index (χ4n) is 2.63. The Morgan fingerprint density at radius 3 is 2.00 bits per heavy atom. The molecule has 0 aliphatic heterocycles. The van der Waals surface area contributed by atoms with Gasteiger partial charge in [-0.2, -0.15) is 11.3 Å². The van der Waals surface area contributed by atoms with Crippen molar-refractivity contribution in [1.82, 2.24) is 0 Å². The Kier molecular flexibility index (Phi) is 4.36. The van der Waals surface area contributed by atoms with Crippen molar-refractivity contribution in [2.45, 2.75) is 20.7 Å². The van der Waals surface area contributed by atoms with Crippen molar-refractivity contribution in [3.8, 4) is 21.6 Å². The zero-order valence-corrected chi connectivity index (χ0v) is 14.1. The molecule has 0 aliphatic carbocycles. The summed E-state index contributed by atoms with van der Waals surface area (Å²) in [7, 11) is 1.96. The summed E-state index contributed by atoms with van der Waals surface area (Å²) in [6.07, 6.45) is 0. The smallest absolute Gasteiger partial charge is 0.162 e. The summed E-state index contributed by atoms with van der Waals surface area (Å²) >= 11 is 1.41. The molecule has 0 spiro atoms. The predicted molar refractivity (Wildman–Crippen MR) is 95.8 cm³/mol. The summed E-state index contributed by atoms with van der Waals surface area (Å²) < 4.78 is 30.2. The predicted octanol–water partition coefficient (Wildman–Crippen LogP) is 5.35. The van der Waals surface area contributed by atoms with Crippen LogP contribution in [-0.4, -0.2) is 7.28 Å². The maximum absolute atomic E-state index is 14.6. The second-order valence-electron chi connectivity index (χ2n) is 5.63. The van der Waals surface area contributed by atoms with E-state index in [1.165, 1.54) is 23.5 Å². The van der Waals surface area contributed by atoms with Gasteiger partial charge in [0, 0.05) is 4.88 Å². The summed E-state index contributed by atoms with van der Waals surface area (Å²) in [5.74, 6) is -1.05. The molecule has 0 saturated carbocycles. The number of thiophene rings is 1. The van der Waals surface area contributed by atoms with E-state index >= 15 is 0 Å². The standard InChI is InChI=1S/C19H16BF2S/c1-11-4-6-13(7-5-11)14-9-15(21)18(16(22)10-14)17-8-12(2)19(20-3)23-17/h4-10H,1-3H3. The molecule has 0 unspecified atom stereocenters. The molecule has 0 nitrogen and oxygen atoms in total. The Morgan fingerprint density at radius 2 is 1.48 bits per heavy atom. The van der Waals surface area contributed by atoms with Gasteiger partial charge in [0.15, 0.2) is 7.28 Å². The third-order valence-corrected chi connectivity index (χ3v) is 5.21. The minimum atomic E-state index is -0.524. The topological polar surface area (TPSA) is 0 Å². The van der Waals surface area contributed by atoms with E-state index in [9.17, 15) is 8.78 Å². The summed E-state index contributed by atoms with van der Waals surface area (Å²) in [5, 5.41) is 0. The van der Waals surface area contributed by atoms with E-state index in [2.05, 4.69) is 0 Å². The zero-order chi connectivity index (χ0) is 16.6. The van der Waals surface area contributed by atoms with Crippen molar-refractivity contribution in [3.05, 3.63) is 65.2 Å². The molecule has 0 fully saturated rings. The Bertz CT molecular complexity index is 827. The van der Waals surface area contributed by atoms with Crippen LogP contribution in [0.3, 0.4) is 0 Å². The van der Waals surface area contributed by atoms with Crippen LogP contribution in [-0.2, 0) is 0 Å². The minimum Gasteiger partial charge on any atom is -0.206 e. The second kappa shape index (κ2) is 6.28. The molecule has 115 valence electrons. The highest BCUT2D eigenvalue weighted by atomic mass is 32.1. The lowest BCUT2D eigenvalue weighted by Crippen LogP contribution is -2.06. The molecule has 0 N–H and O–H groups in total. The third kappa shape index (κ3) is 3.09. The minimum absolute atomic E-state index is 0.0575. The Balaban J connectivity index is 2.08. The first-order chi connectivity index (χ1) is 11.0. The third-order valence-electron chi connectivity index (χ3n) is 3.89. The zero-order valence-electron chi connectivity index (χ0n) is 13.3. The molecule has 1 aromatic heterocycles. The van der Waals surface area contributed by atoms with Crippen LogP contribution in [0.25, 0.3) is 21.6 Å². The fraction of sp³-hybridized carbons (Fsp3) is 0.158. The van der Waals surface area contributed by atoms with Gasteiger partial charge in [-0.25, -0.2) is 8.78 Å². The van der Waals surface area contributed by atoms with Crippen molar-refractivity contribution in [3.63, 3.8) is 0 Å². The van der Waals surface area contributed by atoms with E-state index < -0.39 is 11.6 Å². The van der Waals surface area contributed by atoms with Gasteiger partial charge in [-0.3, -0.25) is 0 Å². The normalized spacial score (nSPS) is 10.8. The van der Waals surface area contributed by atoms with Gasteiger partial charge in [-0.15, -0.1) is 0 Å². The Morgan fingerprint density at radius 1 is 0.870 bits per heavy atom. The van der Waals surface area contributed by atoms with E-state index in [4.69, 9.17) is 0 Å². The van der Waals surface area contributed by atoms with Crippen LogP contribution in [0.5, 0.6) is 0 Å².